The molecule has 0 nitrogen and oxygen atoms in total. The topological polar surface area (TPSA) is 0 Å². The number of benzene rings is 1. The van der Waals surface area contributed by atoms with Crippen molar-refractivity contribution in [1.29, 1.82) is 0 Å². The van der Waals surface area contributed by atoms with E-state index in [1.807, 2.05) is 0 Å². The molecule has 0 atom stereocenters. The molecule has 52 valence electrons. The summed E-state index contributed by atoms with van der Waals surface area (Å²) in [4.78, 5) is 0. The Bertz CT molecular complexity index is 193. The maximum Gasteiger partial charge on any atom is 2.00 e. The number of hydrogen-bond acceptors (Lipinski definition) is 0. The standard InChI is InChI=1S/C7H6ClF.Mg.2H/c8-5-6-1-3-7(9)4-2-6;;;/h1-4H,5H2;;;/q;+2;2*-1. The van der Waals surface area contributed by atoms with E-state index in [-0.39, 0.29) is 31.7 Å². The van der Waals surface area contributed by atoms with Crippen LogP contribution in [0.2, 0.25) is 0 Å². The predicted molar refractivity (Wildman–Crippen MR) is 43.9 cm³/mol. The van der Waals surface area contributed by atoms with Crippen LogP contribution in [0.25, 0.3) is 0 Å². The van der Waals surface area contributed by atoms with Gasteiger partial charge in [0.1, 0.15) is 5.82 Å². The van der Waals surface area contributed by atoms with Gasteiger partial charge in [0, 0.05) is 5.88 Å². The Morgan fingerprint density at radius 1 is 1.30 bits per heavy atom. The van der Waals surface area contributed by atoms with Crippen molar-refractivity contribution in [2.75, 3.05) is 0 Å². The Morgan fingerprint density at radius 2 is 1.80 bits per heavy atom. The zero-order valence-electron chi connectivity index (χ0n) is 7.48. The van der Waals surface area contributed by atoms with Gasteiger partial charge in [0.15, 0.2) is 0 Å². The second-order valence-electron chi connectivity index (χ2n) is 1.76. The van der Waals surface area contributed by atoms with Gasteiger partial charge in [-0.2, -0.15) is 0 Å². The fourth-order valence-electron chi connectivity index (χ4n) is 0.573. The van der Waals surface area contributed by atoms with Crippen molar-refractivity contribution < 1.29 is 7.24 Å². The van der Waals surface area contributed by atoms with Gasteiger partial charge in [-0.1, -0.05) is 12.1 Å². The fourth-order valence-corrected chi connectivity index (χ4v) is 0.752. The quantitative estimate of drug-likeness (QED) is 0.449. The van der Waals surface area contributed by atoms with Crippen LogP contribution in [0, 0.1) is 5.82 Å². The van der Waals surface area contributed by atoms with Crippen molar-refractivity contribution in [3.05, 3.63) is 35.6 Å². The van der Waals surface area contributed by atoms with Gasteiger partial charge in [-0.3, -0.25) is 0 Å². The van der Waals surface area contributed by atoms with E-state index in [0.717, 1.165) is 5.56 Å². The molecule has 1 rings (SSSR count). The molecule has 0 aliphatic rings. The van der Waals surface area contributed by atoms with Gasteiger partial charge in [0.2, 0.25) is 0 Å². The first-order valence-electron chi connectivity index (χ1n) is 2.63. The molecule has 0 aliphatic carbocycles. The van der Waals surface area contributed by atoms with Crippen molar-refractivity contribution in [1.82, 2.24) is 0 Å². The third-order valence-electron chi connectivity index (χ3n) is 1.07. The molecule has 0 unspecified atom stereocenters. The molecule has 0 bridgehead atoms. The molecule has 0 saturated carbocycles. The second kappa shape index (κ2) is 4.94. The second-order valence-corrected chi connectivity index (χ2v) is 2.03. The summed E-state index contributed by atoms with van der Waals surface area (Å²) in [7, 11) is 0. The Labute approximate surface area is 83.5 Å². The molecule has 0 aromatic heterocycles. The molecule has 0 saturated heterocycles. The third-order valence-corrected chi connectivity index (χ3v) is 1.38. The smallest absolute Gasteiger partial charge is 1.00 e. The summed E-state index contributed by atoms with van der Waals surface area (Å²) < 4.78 is 12.2. The van der Waals surface area contributed by atoms with E-state index in [2.05, 4.69) is 0 Å². The van der Waals surface area contributed by atoms with Crippen LogP contribution in [0.3, 0.4) is 0 Å². The minimum absolute atomic E-state index is 0. The molecule has 10 heavy (non-hydrogen) atoms. The summed E-state index contributed by atoms with van der Waals surface area (Å²) in [5.41, 5.74) is 0.943. The minimum Gasteiger partial charge on any atom is -1.00 e. The van der Waals surface area contributed by atoms with Crippen LogP contribution in [0.4, 0.5) is 4.39 Å². The first-order valence-corrected chi connectivity index (χ1v) is 3.17. The van der Waals surface area contributed by atoms with E-state index < -0.39 is 0 Å². The summed E-state index contributed by atoms with van der Waals surface area (Å²) >= 11 is 5.46. The number of rotatable bonds is 1. The number of halogens is 2. The normalized spacial score (nSPS) is 8.60. The monoisotopic (exact) mass is 170 g/mol. The number of alkyl halides is 1. The fraction of sp³-hybridized carbons (Fsp3) is 0.143. The van der Waals surface area contributed by atoms with Crippen molar-refractivity contribution >= 4 is 34.7 Å². The van der Waals surface area contributed by atoms with Crippen molar-refractivity contribution in [3.8, 4) is 0 Å². The largest absolute Gasteiger partial charge is 2.00 e. The van der Waals surface area contributed by atoms with Crippen LogP contribution >= 0.6 is 11.6 Å². The third kappa shape index (κ3) is 2.86. The Balaban J connectivity index is -0.000000270. The minimum atomic E-state index is -0.219. The van der Waals surface area contributed by atoms with Crippen LogP contribution in [-0.4, -0.2) is 23.1 Å². The van der Waals surface area contributed by atoms with Gasteiger partial charge >= 0.3 is 23.1 Å². The Hall–Kier alpha value is 0.206. The molecular weight excluding hydrogens is 163 g/mol. The van der Waals surface area contributed by atoms with Gasteiger partial charge in [0.25, 0.3) is 0 Å². The molecular formula is C7H8ClFMg. The van der Waals surface area contributed by atoms with E-state index in [9.17, 15) is 4.39 Å². The summed E-state index contributed by atoms with van der Waals surface area (Å²) in [6.45, 7) is 0. The first kappa shape index (κ1) is 10.2. The van der Waals surface area contributed by atoms with Gasteiger partial charge in [-0.15, -0.1) is 11.6 Å². The zero-order chi connectivity index (χ0) is 6.69. The summed E-state index contributed by atoms with van der Waals surface area (Å²) in [6, 6.07) is 6.14. The van der Waals surface area contributed by atoms with Gasteiger partial charge < -0.3 is 2.85 Å². The van der Waals surface area contributed by atoms with Crippen LogP contribution in [-0.2, 0) is 5.88 Å². The average Bonchev–Trinajstić information content (AvgIpc) is 1.90. The maximum atomic E-state index is 12.2. The van der Waals surface area contributed by atoms with E-state index in [1.165, 1.54) is 12.1 Å². The molecule has 0 N–H and O–H groups in total. The molecule has 1 aromatic carbocycles. The van der Waals surface area contributed by atoms with Crippen molar-refractivity contribution in [2.45, 2.75) is 5.88 Å². The van der Waals surface area contributed by atoms with Gasteiger partial charge in [-0.05, 0) is 17.7 Å². The molecule has 0 spiro atoms. The van der Waals surface area contributed by atoms with Crippen LogP contribution < -0.4 is 0 Å². The summed E-state index contributed by atoms with van der Waals surface area (Å²) in [5, 5.41) is 0. The SMILES string of the molecule is Fc1ccc(CCl)cc1.[H-].[H-].[Mg+2]. The van der Waals surface area contributed by atoms with E-state index in [1.54, 1.807) is 12.1 Å². The zero-order valence-corrected chi connectivity index (χ0v) is 7.65. The van der Waals surface area contributed by atoms with Crippen molar-refractivity contribution in [2.24, 2.45) is 0 Å². The van der Waals surface area contributed by atoms with E-state index >= 15 is 0 Å². The predicted octanol–water partition coefficient (Wildman–Crippen LogP) is 2.41. The Morgan fingerprint density at radius 3 is 2.20 bits per heavy atom. The molecule has 0 amide bonds. The van der Waals surface area contributed by atoms with Gasteiger partial charge in [0.05, 0.1) is 0 Å². The van der Waals surface area contributed by atoms with Crippen molar-refractivity contribution in [3.63, 3.8) is 0 Å². The van der Waals surface area contributed by atoms with E-state index in [4.69, 9.17) is 11.6 Å². The molecule has 0 aliphatic heterocycles. The molecule has 0 heterocycles. The number of hydrogen-bond donors (Lipinski definition) is 0. The summed E-state index contributed by atoms with van der Waals surface area (Å²) in [5.74, 6) is 0.226. The Kier molecular flexibility index (Phi) is 5.04. The van der Waals surface area contributed by atoms with E-state index in [0.29, 0.717) is 5.88 Å². The average molecular weight is 171 g/mol. The maximum absolute atomic E-state index is 12.2. The van der Waals surface area contributed by atoms with Crippen LogP contribution in [0.15, 0.2) is 24.3 Å². The molecule has 3 heteroatoms. The summed E-state index contributed by atoms with van der Waals surface area (Å²) in [6.07, 6.45) is 0. The van der Waals surface area contributed by atoms with Gasteiger partial charge in [-0.25, -0.2) is 4.39 Å². The first-order chi connectivity index (χ1) is 4.33. The van der Waals surface area contributed by atoms with Crippen LogP contribution in [0.1, 0.15) is 8.42 Å². The molecule has 0 radical (unpaired) electrons. The molecule has 1 aromatic rings. The molecule has 0 fully saturated rings. The van der Waals surface area contributed by atoms with Crippen LogP contribution in [0.5, 0.6) is 0 Å².